The van der Waals surface area contributed by atoms with Gasteiger partial charge in [0.1, 0.15) is 31.7 Å². The molecule has 0 spiro atoms. The van der Waals surface area contributed by atoms with Crippen LogP contribution in [0.3, 0.4) is 0 Å². The molecule has 6 rings (SSSR count). The summed E-state index contributed by atoms with van der Waals surface area (Å²) in [6.07, 6.45) is 0. The molecule has 348 valence electrons. The summed E-state index contributed by atoms with van der Waals surface area (Å²) >= 11 is 0. The van der Waals surface area contributed by atoms with Gasteiger partial charge in [0.05, 0.1) is 55.9 Å². The van der Waals surface area contributed by atoms with Crippen LogP contribution in [0.15, 0.2) is 139 Å². The van der Waals surface area contributed by atoms with Gasteiger partial charge in [-0.05, 0) is 111 Å². The first-order valence-corrected chi connectivity index (χ1v) is 21.8. The van der Waals surface area contributed by atoms with Crippen molar-refractivity contribution in [1.29, 1.82) is 0 Å². The number of hydrogen-bond donors (Lipinski definition) is 6. The molecule has 0 unspecified atom stereocenters. The summed E-state index contributed by atoms with van der Waals surface area (Å²) in [6.45, 7) is 3.36. The first-order valence-electron chi connectivity index (χ1n) is 19.0. The summed E-state index contributed by atoms with van der Waals surface area (Å²) in [5.74, 6) is -7.84. The Kier molecular flexibility index (Phi) is 23.6. The van der Waals surface area contributed by atoms with Gasteiger partial charge in [0.2, 0.25) is 0 Å². The molecule has 0 bridgehead atoms. The van der Waals surface area contributed by atoms with Crippen LogP contribution in [0.25, 0.3) is 0 Å². The zero-order valence-corrected chi connectivity index (χ0v) is 48.3. The van der Waals surface area contributed by atoms with Gasteiger partial charge in [-0.2, -0.15) is 20.5 Å². The number of nitrogens with zero attached hydrogens (tertiary/aromatic N) is 4. The van der Waals surface area contributed by atoms with Crippen molar-refractivity contribution in [3.63, 3.8) is 0 Å². The Bertz CT molecular complexity index is 3150. The van der Waals surface area contributed by atoms with E-state index in [-0.39, 0.29) is 141 Å². The predicted octanol–water partition coefficient (Wildman–Crippen LogP) is -6.75. The maximum Gasteiger partial charge on any atom is 1.00 e. The van der Waals surface area contributed by atoms with E-state index in [1.54, 1.807) is 50.2 Å². The number of aromatic carboxylic acids is 2. The number of hydrogen-bond acceptors (Lipinski definition) is 19. The van der Waals surface area contributed by atoms with Crippen LogP contribution < -0.4 is 150 Å². The molecule has 23 nitrogen and oxygen atoms in total. The maximum absolute atomic E-state index is 13.2. The summed E-state index contributed by atoms with van der Waals surface area (Å²) in [4.78, 5) is 59.6. The van der Waals surface area contributed by atoms with Crippen molar-refractivity contribution in [2.75, 3.05) is 21.3 Å². The first-order chi connectivity index (χ1) is 32.0. The fraction of sp³-hybridized carbons (Fsp3) is 0.0465. The number of carbonyl (C=O) groups is 5. The summed E-state index contributed by atoms with van der Waals surface area (Å²) in [6, 6.07) is 22.0. The normalized spacial score (nSPS) is 10.9. The van der Waals surface area contributed by atoms with Crippen LogP contribution in [0.1, 0.15) is 52.6 Å². The average Bonchev–Trinajstić information content (AvgIpc) is 3.27. The Morgan fingerprint density at radius 1 is 0.472 bits per heavy atom. The Labute approximate surface area is 497 Å². The van der Waals surface area contributed by atoms with Gasteiger partial charge < -0.3 is 60.4 Å². The smallest absolute Gasteiger partial charge is 0.744 e. The number of rotatable bonds is 14. The molecule has 4 amide bonds. The molecule has 6 N–H and O–H groups in total. The SMILES string of the molecule is Cc1c(N=Nc2ccc(C(=O)Nc3cc(S(=O)(=O)[O-])cc(C(=O)[O-])c3O)cc2)cccc1NC(=O)Nc1cccc(N=Nc2ccc(C(=O)Nc3cc(S(=O)(=O)[O-])cc(C(=O)[O-])c3O)cc2)c1C.[Na+].[Na+].[Na+].[Na+]. The van der Waals surface area contributed by atoms with Crippen LogP contribution in [0.5, 0.6) is 11.5 Å². The van der Waals surface area contributed by atoms with E-state index < -0.39 is 93.8 Å². The molecule has 6 aromatic rings. The van der Waals surface area contributed by atoms with Gasteiger partial charge in [0.25, 0.3) is 11.8 Å². The monoisotopic (exact) mass is 1050 g/mol. The van der Waals surface area contributed by atoms with Crippen LogP contribution in [0.4, 0.5) is 50.3 Å². The van der Waals surface area contributed by atoms with Crippen LogP contribution in [0.2, 0.25) is 0 Å². The minimum Gasteiger partial charge on any atom is -0.744 e. The third kappa shape index (κ3) is 16.0. The van der Waals surface area contributed by atoms with Crippen molar-refractivity contribution < 1.29 is 189 Å². The van der Waals surface area contributed by atoms with Gasteiger partial charge in [-0.15, -0.1) is 0 Å². The standard InChI is InChI=1S/C43H34N8O15S2.4Na/c1-21-31(5-3-7-33(21)50-48-25-13-9-23(10-14-25)39(54)44-35-19-27(67(61,62)63)17-29(37(35)52)41(56)57)46-43(60)47-32-6-4-8-34(22(32)2)51-49-26-15-11-24(12-16-26)40(55)45-36-20-28(68(64,65)66)18-30(38(36)53)42(58)59;;;;/h3-20,52-53H,1-2H3,(H,44,54)(H,45,55)(H,56,57)(H,58,59)(H2,46,47,60)(H,61,62,63)(H,64,65,66);;;;/q;4*+1/p-4. The fourth-order valence-corrected chi connectivity index (χ4v) is 7.04. The van der Waals surface area contributed by atoms with Gasteiger partial charge >= 0.3 is 124 Å². The molecular formula is C43H30N8Na4O15S2. The largest absolute Gasteiger partial charge is 1.00 e. The van der Waals surface area contributed by atoms with Gasteiger partial charge in [0, 0.05) is 44.8 Å². The predicted molar refractivity (Wildman–Crippen MR) is 233 cm³/mol. The van der Waals surface area contributed by atoms with Crippen molar-refractivity contribution in [1.82, 2.24) is 0 Å². The molecule has 72 heavy (non-hydrogen) atoms. The van der Waals surface area contributed by atoms with Crippen LogP contribution in [-0.2, 0) is 20.2 Å². The maximum atomic E-state index is 13.2. The number of urea groups is 1. The van der Waals surface area contributed by atoms with Crippen LogP contribution >= 0.6 is 0 Å². The van der Waals surface area contributed by atoms with E-state index in [1.165, 1.54) is 48.5 Å². The van der Waals surface area contributed by atoms with E-state index in [0.29, 0.717) is 58.1 Å². The zero-order chi connectivity index (χ0) is 49.7. The van der Waals surface area contributed by atoms with Crippen molar-refractivity contribution >= 4 is 95.5 Å². The molecule has 0 aliphatic heterocycles. The molecule has 0 aliphatic carbocycles. The van der Waals surface area contributed by atoms with Crippen LogP contribution in [-0.4, -0.2) is 65.9 Å². The molecule has 0 saturated heterocycles. The molecule has 6 aromatic carbocycles. The number of aromatic hydroxyl groups is 2. The Balaban J connectivity index is 0.00000444. The van der Waals surface area contributed by atoms with E-state index in [4.69, 9.17) is 0 Å². The van der Waals surface area contributed by atoms with E-state index in [9.17, 15) is 70.3 Å². The number of benzene rings is 6. The van der Waals surface area contributed by atoms with Crippen molar-refractivity contribution in [2.45, 2.75) is 23.6 Å². The van der Waals surface area contributed by atoms with Gasteiger partial charge in [-0.25, -0.2) is 21.6 Å². The number of azo groups is 2. The molecule has 0 fully saturated rings. The zero-order valence-electron chi connectivity index (χ0n) is 38.7. The Morgan fingerprint density at radius 3 is 1.11 bits per heavy atom. The number of nitrogens with one attached hydrogen (secondary N) is 4. The number of carbonyl (C=O) groups excluding carboxylic acids is 5. The average molecular weight is 1050 g/mol. The molecule has 0 aromatic heterocycles. The molecule has 0 aliphatic rings. The molecule has 0 heterocycles. The Hall–Kier alpha value is -4.91. The van der Waals surface area contributed by atoms with Crippen molar-refractivity contribution in [2.24, 2.45) is 20.5 Å². The second-order valence-corrected chi connectivity index (χ2v) is 16.9. The van der Waals surface area contributed by atoms with E-state index >= 15 is 0 Å². The number of carboxylic acid groups (broad SMARTS) is 2. The summed E-state index contributed by atoms with van der Waals surface area (Å²) < 4.78 is 69.0. The molecule has 29 heteroatoms. The first kappa shape index (κ1) is 63.2. The number of amides is 4. The fourth-order valence-electron chi connectivity index (χ4n) is 5.99. The topological polar surface area (TPSA) is 384 Å². The Morgan fingerprint density at radius 2 is 0.806 bits per heavy atom. The van der Waals surface area contributed by atoms with Crippen molar-refractivity contribution in [3.8, 4) is 11.5 Å². The van der Waals surface area contributed by atoms with E-state index in [2.05, 4.69) is 41.7 Å². The van der Waals surface area contributed by atoms with Crippen molar-refractivity contribution in [3.05, 3.63) is 143 Å². The quantitative estimate of drug-likeness (QED) is 0.0256. The molecule has 0 radical (unpaired) electrons. The second-order valence-electron chi connectivity index (χ2n) is 14.1. The van der Waals surface area contributed by atoms with Gasteiger partial charge in [-0.1, -0.05) is 12.1 Å². The van der Waals surface area contributed by atoms with Crippen LogP contribution in [0, 0.1) is 13.8 Å². The third-order valence-corrected chi connectivity index (χ3v) is 11.2. The third-order valence-electron chi connectivity index (χ3n) is 9.59. The van der Waals surface area contributed by atoms with E-state index in [1.807, 2.05) is 0 Å². The number of phenols is 2. The minimum atomic E-state index is -5.17. The number of carboxylic acids is 2. The molecular weight excluding hydrogens is 1020 g/mol. The second kappa shape index (κ2) is 26.9. The van der Waals surface area contributed by atoms with Gasteiger partial charge in [0.15, 0.2) is 0 Å². The van der Waals surface area contributed by atoms with E-state index in [0.717, 1.165) is 0 Å². The molecule has 0 saturated carbocycles. The number of anilines is 4. The summed E-state index contributed by atoms with van der Waals surface area (Å²) in [7, 11) is -10.3. The molecule has 0 atom stereocenters. The summed E-state index contributed by atoms with van der Waals surface area (Å²) in [5, 5.41) is 69.8. The minimum absolute atomic E-state index is 0. The van der Waals surface area contributed by atoms with Gasteiger partial charge in [-0.3, -0.25) is 9.59 Å². The summed E-state index contributed by atoms with van der Waals surface area (Å²) in [5.41, 5.74) is -0.378.